The monoisotopic (exact) mass is 339 g/mol. The third kappa shape index (κ3) is 10.9. The predicted molar refractivity (Wildman–Crippen MR) is 85.7 cm³/mol. The molecule has 0 saturated carbocycles. The van der Waals surface area contributed by atoms with Gasteiger partial charge in [-0.2, -0.15) is 0 Å². The maximum Gasteiger partial charge on any atom is 0.120 e. The van der Waals surface area contributed by atoms with E-state index in [4.69, 9.17) is 21.7 Å². The second-order valence-electron chi connectivity index (χ2n) is 5.55. The van der Waals surface area contributed by atoms with Crippen molar-refractivity contribution < 1.29 is 25.5 Å². The molecular formula is C13H33N5O5. The molecule has 0 radical (unpaired) electrons. The third-order valence-electron chi connectivity index (χ3n) is 3.36. The largest absolute Gasteiger partial charge is 0.395 e. The molecule has 0 aliphatic carbocycles. The average molecular weight is 339 g/mol. The van der Waals surface area contributed by atoms with Crippen molar-refractivity contribution >= 4 is 0 Å². The number of hydrogen-bond donors (Lipinski definition) is 10. The van der Waals surface area contributed by atoms with Crippen LogP contribution in [-0.2, 0) is 0 Å². The Morgan fingerprint density at radius 3 is 2.13 bits per heavy atom. The molecule has 0 aromatic rings. The summed E-state index contributed by atoms with van der Waals surface area (Å²) >= 11 is 0. The summed E-state index contributed by atoms with van der Waals surface area (Å²) in [5.41, 5.74) is 10.7. The van der Waals surface area contributed by atoms with Crippen molar-refractivity contribution in [2.45, 2.75) is 63.2 Å². The zero-order valence-corrected chi connectivity index (χ0v) is 13.6. The summed E-state index contributed by atoms with van der Waals surface area (Å²) in [6.07, 6.45) is -2.26. The van der Waals surface area contributed by atoms with E-state index in [1.807, 2.05) is 0 Å². The lowest BCUT2D eigenvalue weighted by Gasteiger charge is -2.31. The molecule has 0 aromatic carbocycles. The van der Waals surface area contributed by atoms with Crippen LogP contribution in [0.2, 0.25) is 0 Å². The number of rotatable bonds is 14. The molecule has 12 N–H and O–H groups in total. The van der Waals surface area contributed by atoms with Crippen LogP contribution in [-0.4, -0.2) is 82.2 Å². The minimum absolute atomic E-state index is 0.0840. The van der Waals surface area contributed by atoms with Crippen molar-refractivity contribution in [1.82, 2.24) is 16.0 Å². The lowest BCUT2D eigenvalue weighted by molar-refractivity contribution is 0.00489. The number of aliphatic hydroxyl groups is 5. The van der Waals surface area contributed by atoms with Crippen molar-refractivity contribution in [3.05, 3.63) is 0 Å². The van der Waals surface area contributed by atoms with Gasteiger partial charge >= 0.3 is 0 Å². The standard InChI is InChI=1S/C13H33N5O5/c1-8(20)16-6-11(21)17-9(4-2-3-5-14)13(23)18-10(7-19)12(15)22/h8-13,16-23H,2-7,14-15H2,1H3/t8?,9-,10-,11?,12?,13?/m0/s1. The smallest absolute Gasteiger partial charge is 0.120 e. The van der Waals surface area contributed by atoms with Gasteiger partial charge in [-0.3, -0.25) is 16.0 Å². The lowest BCUT2D eigenvalue weighted by atomic mass is 10.1. The number of hydrogen-bond acceptors (Lipinski definition) is 10. The van der Waals surface area contributed by atoms with Gasteiger partial charge in [0.2, 0.25) is 0 Å². The van der Waals surface area contributed by atoms with E-state index in [-0.39, 0.29) is 6.54 Å². The molecule has 0 saturated heterocycles. The number of nitrogens with one attached hydrogen (secondary N) is 3. The van der Waals surface area contributed by atoms with E-state index in [1.54, 1.807) is 0 Å². The molecule has 0 fully saturated rings. The Kier molecular flexibility index (Phi) is 12.7. The van der Waals surface area contributed by atoms with E-state index < -0.39 is 43.6 Å². The fraction of sp³-hybridized carbons (Fsp3) is 1.00. The molecule has 140 valence electrons. The van der Waals surface area contributed by atoms with Crippen molar-refractivity contribution in [3.63, 3.8) is 0 Å². The second kappa shape index (κ2) is 13.0. The third-order valence-corrected chi connectivity index (χ3v) is 3.36. The molecule has 0 rings (SSSR count). The zero-order valence-electron chi connectivity index (χ0n) is 13.6. The van der Waals surface area contributed by atoms with E-state index >= 15 is 0 Å². The molecule has 0 aliphatic rings. The van der Waals surface area contributed by atoms with Crippen LogP contribution in [0.25, 0.3) is 0 Å². The molecule has 0 spiro atoms. The molecular weight excluding hydrogens is 306 g/mol. The maximum atomic E-state index is 10.2. The van der Waals surface area contributed by atoms with Gasteiger partial charge in [-0.1, -0.05) is 6.42 Å². The van der Waals surface area contributed by atoms with E-state index in [0.29, 0.717) is 13.0 Å². The molecule has 0 bridgehead atoms. The van der Waals surface area contributed by atoms with E-state index in [1.165, 1.54) is 6.92 Å². The summed E-state index contributed by atoms with van der Waals surface area (Å²) in [7, 11) is 0. The van der Waals surface area contributed by atoms with E-state index in [0.717, 1.165) is 12.8 Å². The van der Waals surface area contributed by atoms with Crippen molar-refractivity contribution in [2.75, 3.05) is 19.7 Å². The van der Waals surface area contributed by atoms with Gasteiger partial charge in [0.15, 0.2) is 0 Å². The molecule has 0 aromatic heterocycles. The van der Waals surface area contributed by atoms with Gasteiger partial charge in [0.25, 0.3) is 0 Å². The topological polar surface area (TPSA) is 189 Å². The Hall–Kier alpha value is -0.400. The lowest BCUT2D eigenvalue weighted by Crippen LogP contribution is -2.59. The minimum atomic E-state index is -1.33. The quantitative estimate of drug-likeness (QED) is 0.110. The normalized spacial score (nSPS) is 19.8. The van der Waals surface area contributed by atoms with Gasteiger partial charge in [0.05, 0.1) is 12.6 Å². The Morgan fingerprint density at radius 1 is 1.00 bits per heavy atom. The fourth-order valence-electron chi connectivity index (χ4n) is 2.02. The summed E-state index contributed by atoms with van der Waals surface area (Å²) in [6, 6.07) is -1.45. The highest BCUT2D eigenvalue weighted by Gasteiger charge is 2.25. The fourth-order valence-corrected chi connectivity index (χ4v) is 2.02. The van der Waals surface area contributed by atoms with Crippen LogP contribution in [0.1, 0.15) is 26.2 Å². The second-order valence-corrected chi connectivity index (χ2v) is 5.55. The molecule has 10 heteroatoms. The summed E-state index contributed by atoms with van der Waals surface area (Å²) in [5, 5.41) is 55.8. The molecule has 0 heterocycles. The summed E-state index contributed by atoms with van der Waals surface area (Å²) in [4.78, 5) is 0. The van der Waals surface area contributed by atoms with Gasteiger partial charge in [0, 0.05) is 12.6 Å². The van der Waals surface area contributed by atoms with Crippen LogP contribution < -0.4 is 27.4 Å². The first-order chi connectivity index (χ1) is 10.8. The molecule has 4 unspecified atom stereocenters. The van der Waals surface area contributed by atoms with Crippen LogP contribution in [0.5, 0.6) is 0 Å². The Bertz CT molecular complexity index is 285. The first kappa shape index (κ1) is 22.6. The molecule has 10 nitrogen and oxygen atoms in total. The highest BCUT2D eigenvalue weighted by molar-refractivity contribution is 4.81. The summed E-state index contributed by atoms with van der Waals surface area (Å²) in [6.45, 7) is 1.68. The van der Waals surface area contributed by atoms with Crippen LogP contribution in [0.15, 0.2) is 0 Å². The van der Waals surface area contributed by atoms with Gasteiger partial charge in [-0.25, -0.2) is 0 Å². The highest BCUT2D eigenvalue weighted by atomic mass is 16.3. The maximum absolute atomic E-state index is 10.2. The summed E-state index contributed by atoms with van der Waals surface area (Å²) in [5.74, 6) is 0. The van der Waals surface area contributed by atoms with Crippen LogP contribution in [0, 0.1) is 0 Å². The van der Waals surface area contributed by atoms with Gasteiger partial charge in [0.1, 0.15) is 24.9 Å². The molecule has 6 atom stereocenters. The number of aliphatic hydroxyl groups excluding tert-OH is 5. The first-order valence-electron chi connectivity index (χ1n) is 7.86. The van der Waals surface area contributed by atoms with Crippen LogP contribution >= 0.6 is 0 Å². The van der Waals surface area contributed by atoms with E-state index in [2.05, 4.69) is 16.0 Å². The van der Waals surface area contributed by atoms with Gasteiger partial charge in [-0.15, -0.1) is 0 Å². The van der Waals surface area contributed by atoms with Crippen molar-refractivity contribution in [2.24, 2.45) is 11.5 Å². The Labute approximate surface area is 136 Å². The Morgan fingerprint density at radius 2 is 1.65 bits per heavy atom. The minimum Gasteiger partial charge on any atom is -0.395 e. The molecule has 23 heavy (non-hydrogen) atoms. The average Bonchev–Trinajstić information content (AvgIpc) is 2.49. The van der Waals surface area contributed by atoms with Crippen molar-refractivity contribution in [1.29, 1.82) is 0 Å². The zero-order chi connectivity index (χ0) is 17.8. The van der Waals surface area contributed by atoms with Crippen molar-refractivity contribution in [3.8, 4) is 0 Å². The number of unbranched alkanes of at least 4 members (excludes halogenated alkanes) is 1. The summed E-state index contributed by atoms with van der Waals surface area (Å²) < 4.78 is 0. The number of nitrogens with two attached hydrogens (primary N) is 2. The van der Waals surface area contributed by atoms with Crippen LogP contribution in [0.3, 0.4) is 0 Å². The van der Waals surface area contributed by atoms with Gasteiger partial charge < -0.3 is 37.0 Å². The highest BCUT2D eigenvalue weighted by Crippen LogP contribution is 2.06. The SMILES string of the molecule is CC(O)NCC(O)N[C@@H](CCCCN)C(O)N[C@@H](CO)C(N)O. The van der Waals surface area contributed by atoms with E-state index in [9.17, 15) is 15.3 Å². The van der Waals surface area contributed by atoms with Gasteiger partial charge in [-0.05, 0) is 26.3 Å². The van der Waals surface area contributed by atoms with Crippen LogP contribution in [0.4, 0.5) is 0 Å². The Balaban J connectivity index is 4.57. The molecule has 0 amide bonds. The predicted octanol–water partition coefficient (Wildman–Crippen LogP) is -4.13. The first-order valence-corrected chi connectivity index (χ1v) is 7.86. The molecule has 0 aliphatic heterocycles.